The average molecular weight is 375 g/mol. The van der Waals surface area contributed by atoms with E-state index in [0.717, 1.165) is 55.8 Å². The molecule has 1 saturated carbocycles. The van der Waals surface area contributed by atoms with Gasteiger partial charge >= 0.3 is 0 Å². The molecule has 2 aliphatic rings. The fourth-order valence-electron chi connectivity index (χ4n) is 3.71. The van der Waals surface area contributed by atoms with Crippen molar-refractivity contribution in [2.75, 3.05) is 19.6 Å². The van der Waals surface area contributed by atoms with Crippen LogP contribution in [0.3, 0.4) is 0 Å². The molecular weight excluding hydrogens is 348 g/mol. The Balaban J connectivity index is 0.00000196. The summed E-state index contributed by atoms with van der Waals surface area (Å²) in [6.45, 7) is 2.95. The summed E-state index contributed by atoms with van der Waals surface area (Å²) in [5.41, 5.74) is 2.84. The average Bonchev–Trinajstić information content (AvgIpc) is 3.41. The third-order valence-corrected chi connectivity index (χ3v) is 5.25. The predicted octanol–water partition coefficient (Wildman–Crippen LogP) is 3.29. The zero-order valence-corrected chi connectivity index (χ0v) is 15.8. The number of hydrogen-bond acceptors (Lipinski definition) is 3. The fourth-order valence-corrected chi connectivity index (χ4v) is 3.71. The predicted molar refractivity (Wildman–Crippen MR) is 105 cm³/mol. The topological polar surface area (TPSA) is 59.0 Å². The van der Waals surface area contributed by atoms with Gasteiger partial charge in [0.05, 0.1) is 23.1 Å². The maximum atomic E-state index is 12.7. The molecule has 1 aliphatic heterocycles. The highest BCUT2D eigenvalue weighted by atomic mass is 35.5. The molecule has 6 heteroatoms. The fraction of sp³-hybridized carbons (Fsp3) is 0.500. The largest absolute Gasteiger partial charge is 0.352 e. The molecule has 0 radical (unpaired) electrons. The van der Waals surface area contributed by atoms with Crippen LogP contribution in [-0.2, 0) is 0 Å². The van der Waals surface area contributed by atoms with Crippen LogP contribution in [0.5, 0.6) is 0 Å². The van der Waals surface area contributed by atoms with Crippen molar-refractivity contribution in [2.24, 2.45) is 5.92 Å². The van der Waals surface area contributed by atoms with Crippen LogP contribution in [0.1, 0.15) is 54.1 Å². The Hall–Kier alpha value is -1.85. The summed E-state index contributed by atoms with van der Waals surface area (Å²) in [6, 6.07) is 10.1. The highest BCUT2D eigenvalue weighted by Crippen LogP contribution is 2.42. The number of nitrogens with zero attached hydrogens (tertiary/aromatic N) is 2. The van der Waals surface area contributed by atoms with Crippen molar-refractivity contribution in [3.05, 3.63) is 47.8 Å². The summed E-state index contributed by atoms with van der Waals surface area (Å²) in [7, 11) is 0. The van der Waals surface area contributed by atoms with Gasteiger partial charge < -0.3 is 10.6 Å². The number of amides is 1. The van der Waals surface area contributed by atoms with Crippen molar-refractivity contribution in [2.45, 2.75) is 38.0 Å². The first-order chi connectivity index (χ1) is 12.3. The third-order valence-electron chi connectivity index (χ3n) is 5.25. The lowest BCUT2D eigenvalue weighted by molar-refractivity contribution is 0.0949. The highest BCUT2D eigenvalue weighted by molar-refractivity contribution is 5.95. The van der Waals surface area contributed by atoms with E-state index in [2.05, 4.69) is 15.7 Å². The van der Waals surface area contributed by atoms with Crippen molar-refractivity contribution >= 4 is 18.3 Å². The minimum Gasteiger partial charge on any atom is -0.352 e. The summed E-state index contributed by atoms with van der Waals surface area (Å²) < 4.78 is 1.94. The zero-order chi connectivity index (χ0) is 17.1. The minimum absolute atomic E-state index is 0. The Labute approximate surface area is 161 Å². The van der Waals surface area contributed by atoms with E-state index in [1.165, 1.54) is 12.8 Å². The number of benzene rings is 1. The third kappa shape index (κ3) is 4.27. The van der Waals surface area contributed by atoms with Gasteiger partial charge in [-0.3, -0.25) is 4.79 Å². The first kappa shape index (κ1) is 18.9. The molecule has 2 N–H and O–H groups in total. The number of hydrogen-bond donors (Lipinski definition) is 2. The molecule has 1 atom stereocenters. The second-order valence-corrected chi connectivity index (χ2v) is 7.22. The maximum Gasteiger partial charge on any atom is 0.254 e. The zero-order valence-electron chi connectivity index (χ0n) is 15.0. The van der Waals surface area contributed by atoms with Gasteiger partial charge in [0.15, 0.2) is 0 Å². The lowest BCUT2D eigenvalue weighted by Crippen LogP contribution is -2.33. The molecule has 1 aliphatic carbocycles. The van der Waals surface area contributed by atoms with Crippen molar-refractivity contribution in [1.82, 2.24) is 20.4 Å². The van der Waals surface area contributed by atoms with E-state index in [0.29, 0.717) is 11.8 Å². The molecule has 0 spiro atoms. The molecule has 26 heavy (non-hydrogen) atoms. The van der Waals surface area contributed by atoms with Crippen LogP contribution in [0.15, 0.2) is 36.5 Å². The molecule has 4 rings (SSSR count). The first-order valence-electron chi connectivity index (χ1n) is 9.45. The molecule has 2 heterocycles. The number of carbonyl (C=O) groups excluding carboxylic acids is 1. The van der Waals surface area contributed by atoms with E-state index >= 15 is 0 Å². The highest BCUT2D eigenvalue weighted by Gasteiger charge is 2.32. The number of para-hydroxylation sites is 1. The van der Waals surface area contributed by atoms with E-state index in [4.69, 9.17) is 0 Å². The van der Waals surface area contributed by atoms with Gasteiger partial charge in [-0.05, 0) is 63.2 Å². The summed E-state index contributed by atoms with van der Waals surface area (Å²) in [6.07, 6.45) is 7.58. The van der Waals surface area contributed by atoms with E-state index in [-0.39, 0.29) is 18.3 Å². The number of piperidine rings is 1. The van der Waals surface area contributed by atoms with E-state index in [1.54, 1.807) is 6.20 Å². The number of carbonyl (C=O) groups is 1. The van der Waals surface area contributed by atoms with Crippen LogP contribution in [0.2, 0.25) is 0 Å². The second-order valence-electron chi connectivity index (χ2n) is 7.22. The van der Waals surface area contributed by atoms with Crippen LogP contribution in [0.4, 0.5) is 0 Å². The molecule has 1 aromatic carbocycles. The van der Waals surface area contributed by atoms with Crippen LogP contribution in [0.25, 0.3) is 5.69 Å². The van der Waals surface area contributed by atoms with Crippen LogP contribution in [-0.4, -0.2) is 35.3 Å². The molecule has 2 aromatic rings. The summed E-state index contributed by atoms with van der Waals surface area (Å²) in [4.78, 5) is 12.7. The van der Waals surface area contributed by atoms with E-state index < -0.39 is 0 Å². The molecule has 1 amide bonds. The molecule has 5 nitrogen and oxygen atoms in total. The smallest absolute Gasteiger partial charge is 0.254 e. The van der Waals surface area contributed by atoms with Crippen LogP contribution < -0.4 is 10.6 Å². The molecular formula is C20H27ClN4O. The van der Waals surface area contributed by atoms with E-state index in [1.807, 2.05) is 35.0 Å². The molecule has 2 fully saturated rings. The number of aromatic nitrogens is 2. The quantitative estimate of drug-likeness (QED) is 0.815. The Bertz CT molecular complexity index is 721. The Morgan fingerprint density at radius 2 is 2.04 bits per heavy atom. The normalized spacial score (nSPS) is 19.6. The first-order valence-corrected chi connectivity index (χ1v) is 9.45. The lowest BCUT2D eigenvalue weighted by Gasteiger charge is -2.22. The summed E-state index contributed by atoms with van der Waals surface area (Å²) >= 11 is 0. The lowest BCUT2D eigenvalue weighted by atomic mass is 9.96. The Kier molecular flexibility index (Phi) is 6.33. The minimum atomic E-state index is 0. The van der Waals surface area contributed by atoms with Gasteiger partial charge in [-0.1, -0.05) is 18.2 Å². The van der Waals surface area contributed by atoms with Gasteiger partial charge in [-0.2, -0.15) is 5.10 Å². The maximum absolute atomic E-state index is 12.7. The Morgan fingerprint density at radius 3 is 2.73 bits per heavy atom. The van der Waals surface area contributed by atoms with Gasteiger partial charge in [-0.25, -0.2) is 4.68 Å². The van der Waals surface area contributed by atoms with E-state index in [9.17, 15) is 4.79 Å². The molecule has 1 saturated heterocycles. The summed E-state index contributed by atoms with van der Waals surface area (Å²) in [5, 5.41) is 11.1. The van der Waals surface area contributed by atoms with Crippen molar-refractivity contribution < 1.29 is 4.79 Å². The van der Waals surface area contributed by atoms with Crippen LogP contribution in [0, 0.1) is 5.92 Å². The van der Waals surface area contributed by atoms with Gasteiger partial charge in [0.25, 0.3) is 5.91 Å². The number of rotatable bonds is 6. The summed E-state index contributed by atoms with van der Waals surface area (Å²) in [5.74, 6) is 1.17. The SMILES string of the molecule is Cl.O=C(NCCC1CCCNC1)c1cnn(-c2ccccc2)c1C1CC1. The number of nitrogens with one attached hydrogen (secondary N) is 2. The van der Waals surface area contributed by atoms with Crippen molar-refractivity contribution in [3.8, 4) is 5.69 Å². The molecule has 1 aromatic heterocycles. The van der Waals surface area contributed by atoms with Crippen molar-refractivity contribution in [3.63, 3.8) is 0 Å². The van der Waals surface area contributed by atoms with Gasteiger partial charge in [0, 0.05) is 12.5 Å². The molecule has 0 bridgehead atoms. The second kappa shape index (κ2) is 8.69. The molecule has 1 unspecified atom stereocenters. The van der Waals surface area contributed by atoms with Gasteiger partial charge in [0.1, 0.15) is 0 Å². The number of halogens is 1. The van der Waals surface area contributed by atoms with Gasteiger partial charge in [-0.15, -0.1) is 12.4 Å². The van der Waals surface area contributed by atoms with Crippen molar-refractivity contribution in [1.29, 1.82) is 0 Å². The van der Waals surface area contributed by atoms with Gasteiger partial charge in [0.2, 0.25) is 0 Å². The standard InChI is InChI=1S/C20H26N4O.ClH/c25-20(22-12-10-15-5-4-11-21-13-15)18-14-23-24(19(18)16-8-9-16)17-6-2-1-3-7-17;/h1-3,6-7,14-16,21H,4-5,8-13H2,(H,22,25);1H. The Morgan fingerprint density at radius 1 is 1.23 bits per heavy atom. The van der Waals surface area contributed by atoms with Crippen LogP contribution >= 0.6 is 12.4 Å². The monoisotopic (exact) mass is 374 g/mol. The molecule has 140 valence electrons.